The number of H-pyrrole nitrogens is 1. The second kappa shape index (κ2) is 9.32. The standard InChI is InChI=1S/C25H25N3O6S3/c29-15(30)4-2-1-3-9-27-23(31)18-13-10-14(19(18)24(27)32)20-17(13)16(21-22(36-20)26-25(35)37-21)11-5-7-12(8-6-11)28(33)34/h5-8,13-14,16-20H,1-4,9-10H2,(H,26,35)(H,29,30)/t13-,14+,16-,17+,18+,19+,20-/m0/s1. The molecule has 7 atom stereocenters. The SMILES string of the molecule is O=C(O)CCCCCN1C(=O)[C@@H]2[C@H]3C[C@@H]([C@@H]4Sc5[nH]c(=S)sc5[C@@H](c5ccc([N+](=O)[O-])cc5)[C@@H]34)[C@H]2C1=O. The smallest absolute Gasteiger partial charge is 0.303 e. The van der Waals surface area contributed by atoms with Gasteiger partial charge in [-0.25, -0.2) is 0 Å². The van der Waals surface area contributed by atoms with Crippen molar-refractivity contribution < 1.29 is 24.4 Å². The molecule has 9 nitrogen and oxygen atoms in total. The van der Waals surface area contributed by atoms with E-state index in [0.717, 1.165) is 21.9 Å². The molecule has 37 heavy (non-hydrogen) atoms. The molecule has 12 heteroatoms. The number of hydrogen-bond acceptors (Lipinski definition) is 8. The summed E-state index contributed by atoms with van der Waals surface area (Å²) in [7, 11) is 0. The number of imide groups is 1. The Morgan fingerprint density at radius 3 is 2.51 bits per heavy atom. The van der Waals surface area contributed by atoms with Crippen LogP contribution in [0.15, 0.2) is 29.3 Å². The van der Waals surface area contributed by atoms with Gasteiger partial charge in [0.25, 0.3) is 5.69 Å². The average Bonchev–Trinajstić information content (AvgIpc) is 3.58. The molecule has 2 saturated carbocycles. The number of hydrogen-bond donors (Lipinski definition) is 2. The monoisotopic (exact) mass is 559 g/mol. The zero-order chi connectivity index (χ0) is 26.0. The minimum Gasteiger partial charge on any atom is -0.481 e. The van der Waals surface area contributed by atoms with Crippen molar-refractivity contribution in [3.05, 3.63) is 48.8 Å². The molecule has 0 spiro atoms. The van der Waals surface area contributed by atoms with Gasteiger partial charge in [0.15, 0.2) is 3.95 Å². The summed E-state index contributed by atoms with van der Waals surface area (Å²) in [4.78, 5) is 54.4. The molecule has 194 valence electrons. The van der Waals surface area contributed by atoms with Gasteiger partial charge in [-0.15, -0.1) is 23.1 Å². The lowest BCUT2D eigenvalue weighted by atomic mass is 9.68. The zero-order valence-electron chi connectivity index (χ0n) is 19.7. The van der Waals surface area contributed by atoms with E-state index in [2.05, 4.69) is 4.98 Å². The molecule has 2 amide bonds. The first-order valence-corrected chi connectivity index (χ1v) is 14.6. The highest BCUT2D eigenvalue weighted by atomic mass is 32.2. The molecule has 0 unspecified atom stereocenters. The molecule has 2 bridgehead atoms. The normalized spacial score (nSPS) is 31.4. The number of carboxylic acid groups (broad SMARTS) is 1. The van der Waals surface area contributed by atoms with Crippen LogP contribution in [0.5, 0.6) is 0 Å². The fraction of sp³-hybridized carbons (Fsp3) is 0.520. The van der Waals surface area contributed by atoms with Crippen molar-refractivity contribution in [2.24, 2.45) is 29.6 Å². The maximum absolute atomic E-state index is 13.6. The van der Waals surface area contributed by atoms with Crippen molar-refractivity contribution in [1.82, 2.24) is 9.88 Å². The van der Waals surface area contributed by atoms with E-state index in [0.29, 0.717) is 29.8 Å². The van der Waals surface area contributed by atoms with Gasteiger partial charge >= 0.3 is 5.97 Å². The Hall–Kier alpha value is -2.57. The molecule has 3 fully saturated rings. The van der Waals surface area contributed by atoms with E-state index in [1.807, 2.05) is 12.1 Å². The predicted octanol–water partition coefficient (Wildman–Crippen LogP) is 4.83. The van der Waals surface area contributed by atoms with Crippen molar-refractivity contribution in [2.45, 2.75) is 48.3 Å². The van der Waals surface area contributed by atoms with Gasteiger partial charge in [-0.1, -0.05) is 18.6 Å². The number of non-ortho nitro benzene ring substituents is 1. The maximum atomic E-state index is 13.6. The van der Waals surface area contributed by atoms with Crippen LogP contribution < -0.4 is 0 Å². The second-order valence-electron chi connectivity index (χ2n) is 10.3. The Morgan fingerprint density at radius 2 is 1.84 bits per heavy atom. The van der Waals surface area contributed by atoms with Crippen molar-refractivity contribution in [2.75, 3.05) is 6.54 Å². The Balaban J connectivity index is 1.29. The van der Waals surface area contributed by atoms with Crippen LogP contribution in [0.25, 0.3) is 0 Å². The molecule has 1 aromatic heterocycles. The minimum absolute atomic E-state index is 0.0379. The fourth-order valence-corrected chi connectivity index (χ4v) is 10.5. The average molecular weight is 560 g/mol. The van der Waals surface area contributed by atoms with Gasteiger partial charge in [0, 0.05) is 41.1 Å². The largest absolute Gasteiger partial charge is 0.481 e. The van der Waals surface area contributed by atoms with Crippen LogP contribution >= 0.6 is 35.3 Å². The first kappa shape index (κ1) is 24.7. The van der Waals surface area contributed by atoms with Gasteiger partial charge < -0.3 is 10.1 Å². The number of nitrogens with zero attached hydrogens (tertiary/aromatic N) is 2. The number of amides is 2. The van der Waals surface area contributed by atoms with Crippen molar-refractivity contribution in [3.63, 3.8) is 0 Å². The van der Waals surface area contributed by atoms with E-state index in [1.165, 1.54) is 28.4 Å². The number of thiazole rings is 1. The summed E-state index contributed by atoms with van der Waals surface area (Å²) < 4.78 is 0.679. The third kappa shape index (κ3) is 3.95. The summed E-state index contributed by atoms with van der Waals surface area (Å²) >= 11 is 8.73. The van der Waals surface area contributed by atoms with E-state index < -0.39 is 10.9 Å². The number of aromatic amines is 1. The van der Waals surface area contributed by atoms with Gasteiger partial charge in [0.05, 0.1) is 21.8 Å². The lowest BCUT2D eigenvalue weighted by molar-refractivity contribution is -0.384. The molecule has 4 aliphatic rings. The number of nitrogens with one attached hydrogen (secondary N) is 1. The van der Waals surface area contributed by atoms with Gasteiger partial charge in [-0.2, -0.15) is 0 Å². The molecule has 2 aromatic rings. The minimum atomic E-state index is -0.837. The van der Waals surface area contributed by atoms with Crippen LogP contribution in [0, 0.1) is 43.7 Å². The molecule has 2 N–H and O–H groups in total. The van der Waals surface area contributed by atoms with E-state index in [-0.39, 0.29) is 64.7 Å². The summed E-state index contributed by atoms with van der Waals surface area (Å²) in [5.74, 6) is -1.37. The number of carbonyl (C=O) groups excluding carboxylic acids is 2. The van der Waals surface area contributed by atoms with Gasteiger partial charge in [0.2, 0.25) is 11.8 Å². The Labute approximate surface area is 225 Å². The third-order valence-electron chi connectivity index (χ3n) is 8.55. The van der Waals surface area contributed by atoms with E-state index in [9.17, 15) is 24.5 Å². The van der Waals surface area contributed by atoms with Crippen LogP contribution in [0.1, 0.15) is 48.5 Å². The molecule has 0 radical (unpaired) electrons. The summed E-state index contributed by atoms with van der Waals surface area (Å²) in [5, 5.41) is 21.2. The van der Waals surface area contributed by atoms with E-state index in [1.54, 1.807) is 11.8 Å². The second-order valence-corrected chi connectivity index (χ2v) is 13.2. The number of nitro groups is 1. The lowest BCUT2D eigenvalue weighted by Crippen LogP contribution is -2.42. The topological polar surface area (TPSA) is 134 Å². The number of aliphatic carboxylic acids is 1. The quantitative estimate of drug-likeness (QED) is 0.154. The molecular weight excluding hydrogens is 534 g/mol. The number of carboxylic acids is 1. The molecule has 1 saturated heterocycles. The Morgan fingerprint density at radius 1 is 1.14 bits per heavy atom. The summed E-state index contributed by atoms with van der Waals surface area (Å²) in [6.07, 6.45) is 2.73. The Kier molecular flexibility index (Phi) is 6.23. The maximum Gasteiger partial charge on any atom is 0.303 e. The molecule has 1 aromatic carbocycles. The lowest BCUT2D eigenvalue weighted by Gasteiger charge is -2.43. The summed E-state index contributed by atoms with van der Waals surface area (Å²) in [5.41, 5.74) is 1.01. The number of fused-ring (bicyclic) bond motifs is 9. The molecule has 6 rings (SSSR count). The number of benzene rings is 1. The van der Waals surface area contributed by atoms with Crippen molar-refractivity contribution in [1.29, 1.82) is 0 Å². The number of thioether (sulfide) groups is 1. The van der Waals surface area contributed by atoms with Crippen LogP contribution in [-0.4, -0.2) is 49.5 Å². The molecular formula is C25H25N3O6S3. The van der Waals surface area contributed by atoms with Crippen molar-refractivity contribution in [3.8, 4) is 0 Å². The molecule has 3 heterocycles. The van der Waals surface area contributed by atoms with Crippen LogP contribution in [-0.2, 0) is 14.4 Å². The predicted molar refractivity (Wildman–Crippen MR) is 139 cm³/mol. The molecule has 2 aliphatic heterocycles. The molecule has 2 aliphatic carbocycles. The highest BCUT2D eigenvalue weighted by Crippen LogP contribution is 2.68. The third-order valence-corrected chi connectivity index (χ3v) is 11.5. The highest BCUT2D eigenvalue weighted by molar-refractivity contribution is 8.00. The zero-order valence-corrected chi connectivity index (χ0v) is 22.2. The number of likely N-dealkylation sites (tertiary alicyclic amines) is 1. The summed E-state index contributed by atoms with van der Waals surface area (Å²) in [6.45, 7) is 0.346. The van der Waals surface area contributed by atoms with Crippen LogP contribution in [0.4, 0.5) is 5.69 Å². The summed E-state index contributed by atoms with van der Waals surface area (Å²) in [6, 6.07) is 6.70. The number of aromatic nitrogens is 1. The number of nitro benzene ring substituents is 1. The van der Waals surface area contributed by atoms with Gasteiger partial charge in [0.1, 0.15) is 0 Å². The number of unbranched alkanes of at least 4 members (excludes halogenated alkanes) is 2. The first-order chi connectivity index (χ1) is 17.8. The van der Waals surface area contributed by atoms with Crippen LogP contribution in [0.2, 0.25) is 0 Å². The fourth-order valence-electron chi connectivity index (χ4n) is 7.20. The van der Waals surface area contributed by atoms with E-state index >= 15 is 0 Å². The van der Waals surface area contributed by atoms with Crippen LogP contribution in [0.3, 0.4) is 0 Å². The Bertz CT molecular complexity index is 1350. The van der Waals surface area contributed by atoms with Gasteiger partial charge in [-0.3, -0.25) is 29.4 Å². The van der Waals surface area contributed by atoms with Gasteiger partial charge in [-0.05, 0) is 54.8 Å². The number of carbonyl (C=O) groups is 3. The van der Waals surface area contributed by atoms with E-state index in [4.69, 9.17) is 17.3 Å². The highest BCUT2D eigenvalue weighted by Gasteiger charge is 2.69. The van der Waals surface area contributed by atoms with Crippen molar-refractivity contribution >= 4 is 58.8 Å². The number of rotatable bonds is 8. The first-order valence-electron chi connectivity index (χ1n) is 12.5.